The number of rotatable bonds is 7. The molecule has 1 saturated heterocycles. The van der Waals surface area contributed by atoms with Crippen molar-refractivity contribution in [3.05, 3.63) is 77.9 Å². The Bertz CT molecular complexity index is 1180. The second kappa shape index (κ2) is 10.8. The Morgan fingerprint density at radius 1 is 1.21 bits per heavy atom. The lowest BCUT2D eigenvalue weighted by Gasteiger charge is -2.19. The van der Waals surface area contributed by atoms with Crippen molar-refractivity contribution < 1.29 is 27.5 Å². The minimum absolute atomic E-state index is 0.101. The van der Waals surface area contributed by atoms with E-state index in [1.54, 1.807) is 12.1 Å². The number of aryl methyl sites for hydroxylation is 1. The van der Waals surface area contributed by atoms with Gasteiger partial charge in [0, 0.05) is 18.7 Å². The van der Waals surface area contributed by atoms with Crippen LogP contribution in [0, 0.1) is 18.9 Å². The quantitative estimate of drug-likeness (QED) is 0.352. The Balaban J connectivity index is 1.84. The molecule has 1 aliphatic heterocycles. The number of sulfonamides is 1. The molecule has 2 aromatic carbocycles. The van der Waals surface area contributed by atoms with Gasteiger partial charge in [-0.2, -0.15) is 4.31 Å². The molecule has 2 aromatic rings. The molecule has 1 amide bonds. The molecule has 0 radical (unpaired) electrons. The lowest BCUT2D eigenvalue weighted by Crippen LogP contribution is -2.32. The van der Waals surface area contributed by atoms with Crippen LogP contribution in [0.5, 0.6) is 0 Å². The molecular formula is C24H24N2O6S. The zero-order valence-electron chi connectivity index (χ0n) is 18.3. The lowest BCUT2D eigenvalue weighted by atomic mass is 10.1. The summed E-state index contributed by atoms with van der Waals surface area (Å²) in [6.45, 7) is 1.71. The average Bonchev–Trinajstić information content (AvgIpc) is 3.18. The van der Waals surface area contributed by atoms with Crippen molar-refractivity contribution in [2.24, 2.45) is 0 Å². The fourth-order valence-corrected chi connectivity index (χ4v) is 4.41. The molecule has 8 nitrogen and oxygen atoms in total. The number of amides is 1. The highest BCUT2D eigenvalue weighted by Gasteiger charge is 2.33. The van der Waals surface area contributed by atoms with Gasteiger partial charge in [-0.3, -0.25) is 0 Å². The second-order valence-electron chi connectivity index (χ2n) is 7.20. The number of carbonyl (C=O) groups excluding carboxylic acids is 2. The van der Waals surface area contributed by atoms with Gasteiger partial charge < -0.3 is 9.47 Å². The van der Waals surface area contributed by atoms with Gasteiger partial charge in [-0.05, 0) is 24.6 Å². The van der Waals surface area contributed by atoms with E-state index in [1.807, 2.05) is 37.3 Å². The van der Waals surface area contributed by atoms with Crippen LogP contribution in [-0.4, -0.2) is 56.5 Å². The van der Waals surface area contributed by atoms with Crippen molar-refractivity contribution in [3.8, 4) is 12.0 Å². The van der Waals surface area contributed by atoms with E-state index in [0.29, 0.717) is 0 Å². The summed E-state index contributed by atoms with van der Waals surface area (Å²) < 4.78 is 37.1. The van der Waals surface area contributed by atoms with Gasteiger partial charge in [-0.25, -0.2) is 22.9 Å². The summed E-state index contributed by atoms with van der Waals surface area (Å²) in [5.41, 5.74) is 1.79. The van der Waals surface area contributed by atoms with Gasteiger partial charge in [-0.1, -0.05) is 60.0 Å². The summed E-state index contributed by atoms with van der Waals surface area (Å²) in [6.07, 6.45) is 1.94. The van der Waals surface area contributed by atoms with Crippen LogP contribution < -0.4 is 0 Å². The SMILES string of the molecule is COC(=O)/C=C/CN(CC#CN1C(=O)OC[C@H]1c1ccccc1)S(=O)(=O)c1ccc(C)cc1. The predicted octanol–water partition coefficient (Wildman–Crippen LogP) is 2.87. The number of esters is 1. The Morgan fingerprint density at radius 2 is 1.91 bits per heavy atom. The number of methoxy groups -OCH3 is 1. The molecule has 0 unspecified atom stereocenters. The predicted molar refractivity (Wildman–Crippen MR) is 121 cm³/mol. The van der Waals surface area contributed by atoms with Crippen LogP contribution in [0.15, 0.2) is 71.6 Å². The molecule has 0 saturated carbocycles. The van der Waals surface area contributed by atoms with E-state index in [9.17, 15) is 18.0 Å². The van der Waals surface area contributed by atoms with E-state index in [4.69, 9.17) is 4.74 Å². The highest BCUT2D eigenvalue weighted by molar-refractivity contribution is 7.89. The van der Waals surface area contributed by atoms with Crippen LogP contribution in [0.1, 0.15) is 17.2 Å². The summed E-state index contributed by atoms with van der Waals surface area (Å²) in [6, 6.07) is 18.1. The number of benzene rings is 2. The van der Waals surface area contributed by atoms with Crippen LogP contribution in [-0.2, 0) is 24.3 Å². The van der Waals surface area contributed by atoms with Crippen LogP contribution in [0.4, 0.5) is 4.79 Å². The molecule has 172 valence electrons. The van der Waals surface area contributed by atoms with Crippen molar-refractivity contribution in [3.63, 3.8) is 0 Å². The number of hydrogen-bond donors (Lipinski definition) is 0. The van der Waals surface area contributed by atoms with Gasteiger partial charge in [0.2, 0.25) is 10.0 Å². The first-order valence-electron chi connectivity index (χ1n) is 10.1. The van der Waals surface area contributed by atoms with Crippen molar-refractivity contribution in [2.75, 3.05) is 26.8 Å². The maximum absolute atomic E-state index is 13.2. The number of nitrogens with zero attached hydrogens (tertiary/aromatic N) is 2. The first kappa shape index (κ1) is 24.0. The van der Waals surface area contributed by atoms with E-state index >= 15 is 0 Å². The Kier molecular flexibility index (Phi) is 7.87. The zero-order chi connectivity index (χ0) is 23.8. The fourth-order valence-electron chi connectivity index (χ4n) is 3.12. The Labute approximate surface area is 193 Å². The topological polar surface area (TPSA) is 93.2 Å². The molecule has 0 N–H and O–H groups in total. The second-order valence-corrected chi connectivity index (χ2v) is 9.14. The highest BCUT2D eigenvalue weighted by Crippen LogP contribution is 2.26. The Morgan fingerprint density at radius 3 is 2.58 bits per heavy atom. The van der Waals surface area contributed by atoms with E-state index < -0.39 is 22.1 Å². The van der Waals surface area contributed by atoms with Gasteiger partial charge in [-0.15, -0.1) is 0 Å². The van der Waals surface area contributed by atoms with Crippen molar-refractivity contribution >= 4 is 22.1 Å². The Hall–Kier alpha value is -3.61. The number of cyclic esters (lactones) is 1. The van der Waals surface area contributed by atoms with Crippen LogP contribution in [0.3, 0.4) is 0 Å². The van der Waals surface area contributed by atoms with Crippen LogP contribution in [0.2, 0.25) is 0 Å². The smallest absolute Gasteiger partial charge is 0.422 e. The molecule has 1 atom stereocenters. The molecule has 1 fully saturated rings. The van der Waals surface area contributed by atoms with Gasteiger partial charge in [0.1, 0.15) is 12.6 Å². The minimum Gasteiger partial charge on any atom is -0.466 e. The maximum Gasteiger partial charge on any atom is 0.422 e. The molecule has 3 rings (SSSR count). The lowest BCUT2D eigenvalue weighted by molar-refractivity contribution is -0.134. The molecular weight excluding hydrogens is 444 g/mol. The van der Waals surface area contributed by atoms with Gasteiger partial charge in [0.25, 0.3) is 0 Å². The van der Waals surface area contributed by atoms with Gasteiger partial charge >= 0.3 is 12.1 Å². The number of hydrogen-bond acceptors (Lipinski definition) is 6. The monoisotopic (exact) mass is 468 g/mol. The summed E-state index contributed by atoms with van der Waals surface area (Å²) in [5.74, 6) is 2.17. The molecule has 9 heteroatoms. The molecule has 0 bridgehead atoms. The normalized spacial score (nSPS) is 15.9. The third-order valence-electron chi connectivity index (χ3n) is 4.94. The van der Waals surface area contributed by atoms with Crippen LogP contribution in [0.25, 0.3) is 0 Å². The third kappa shape index (κ3) is 6.00. The fraction of sp³-hybridized carbons (Fsp3) is 0.250. The largest absolute Gasteiger partial charge is 0.466 e. The van der Waals surface area contributed by atoms with E-state index in [1.165, 1.54) is 30.2 Å². The molecule has 1 aliphatic rings. The van der Waals surface area contributed by atoms with Crippen LogP contribution >= 0.6 is 0 Å². The van der Waals surface area contributed by atoms with Crippen molar-refractivity contribution in [2.45, 2.75) is 17.9 Å². The average molecular weight is 469 g/mol. The minimum atomic E-state index is -3.90. The first-order chi connectivity index (χ1) is 15.8. The van der Waals surface area contributed by atoms with Gasteiger partial charge in [0.05, 0.1) is 18.6 Å². The van der Waals surface area contributed by atoms with E-state index in [-0.39, 0.29) is 30.6 Å². The number of ether oxygens (including phenoxy) is 2. The molecule has 0 aliphatic carbocycles. The summed E-state index contributed by atoms with van der Waals surface area (Å²) in [4.78, 5) is 24.9. The van der Waals surface area contributed by atoms with E-state index in [0.717, 1.165) is 21.5 Å². The molecule has 33 heavy (non-hydrogen) atoms. The van der Waals surface area contributed by atoms with Gasteiger partial charge in [0.15, 0.2) is 0 Å². The number of carbonyl (C=O) groups is 2. The zero-order valence-corrected chi connectivity index (χ0v) is 19.1. The molecule has 0 spiro atoms. The molecule has 0 aromatic heterocycles. The van der Waals surface area contributed by atoms with Crippen molar-refractivity contribution in [1.29, 1.82) is 0 Å². The summed E-state index contributed by atoms with van der Waals surface area (Å²) in [7, 11) is -2.67. The first-order valence-corrected chi connectivity index (χ1v) is 11.6. The maximum atomic E-state index is 13.2. The standard InChI is InChI=1S/C24H24N2O6S/c1-19-11-13-21(14-12-19)33(29,30)25(15-6-10-23(27)31-2)16-7-17-26-22(18-32-24(26)28)20-8-4-3-5-9-20/h3-6,8-14,22H,15-16,18H2,1-2H3/b10-6+/t22-/m0/s1. The summed E-state index contributed by atoms with van der Waals surface area (Å²) in [5, 5.41) is 0. The van der Waals surface area contributed by atoms with E-state index in [2.05, 4.69) is 16.7 Å². The van der Waals surface area contributed by atoms with Crippen molar-refractivity contribution in [1.82, 2.24) is 9.21 Å². The molecule has 1 heterocycles. The highest BCUT2D eigenvalue weighted by atomic mass is 32.2. The third-order valence-corrected chi connectivity index (χ3v) is 6.76. The summed E-state index contributed by atoms with van der Waals surface area (Å²) >= 11 is 0.